The average Bonchev–Trinajstić information content (AvgIpc) is 3.88. The molecule has 1 aliphatic rings. The molecule has 68 heavy (non-hydrogen) atoms. The van der Waals surface area contributed by atoms with Gasteiger partial charge in [0.15, 0.2) is 27.1 Å². The molecule has 370 valence electrons. The van der Waals surface area contributed by atoms with Crippen LogP contribution in [0, 0.1) is 12.7 Å². The Bertz CT molecular complexity index is 2760. The number of benzene rings is 3. The lowest BCUT2D eigenvalue weighted by molar-refractivity contribution is -0.144. The quantitative estimate of drug-likeness (QED) is 0.0482. The number of halogens is 10. The minimum Gasteiger partial charge on any atom is -0.459 e. The summed E-state index contributed by atoms with van der Waals surface area (Å²) >= 11 is 14.4. The van der Waals surface area contributed by atoms with Gasteiger partial charge in [0, 0.05) is 37.5 Å². The van der Waals surface area contributed by atoms with Crippen LogP contribution >= 0.6 is 39.1 Å². The Morgan fingerprint density at radius 3 is 2.16 bits per heavy atom. The molecule has 1 unspecified atom stereocenters. The lowest BCUT2D eigenvalue weighted by atomic mass is 10.0. The SMILES string of the molecule is CC(C)OC(=O)c1cc(-c2nn(C)c(C(F)(F)F)c2Br)c(F)cc1Cl.CCc1cccc(C)c1N(C(=O)CCl)C(C)COC.CS(=O)(=O)c1cc(C(F)(F)F)ccc1C(=O)c1cnoc1C1CC1. The molecule has 1 fully saturated rings. The van der Waals surface area contributed by atoms with Crippen molar-refractivity contribution >= 4 is 72.3 Å². The molecule has 0 saturated heterocycles. The summed E-state index contributed by atoms with van der Waals surface area (Å²) in [4.78, 5) is 38.0. The summed E-state index contributed by atoms with van der Waals surface area (Å²) in [5, 5.41) is 7.05. The van der Waals surface area contributed by atoms with Gasteiger partial charge in [0.1, 0.15) is 17.4 Å². The monoisotopic (exact) mass is 1080 g/mol. The van der Waals surface area contributed by atoms with Gasteiger partial charge in [-0.25, -0.2) is 17.6 Å². The van der Waals surface area contributed by atoms with Crippen molar-refractivity contribution in [1.82, 2.24) is 14.9 Å². The first-order chi connectivity index (χ1) is 31.6. The molecule has 1 saturated carbocycles. The maximum atomic E-state index is 14.3. The van der Waals surface area contributed by atoms with Crippen LogP contribution in [0.1, 0.15) is 101 Å². The molecule has 0 aliphatic heterocycles. The van der Waals surface area contributed by atoms with E-state index in [1.54, 1.807) is 25.9 Å². The molecule has 2 aromatic heterocycles. The molecule has 3 aromatic carbocycles. The number of sulfone groups is 1. The number of aromatic nitrogens is 3. The number of aryl methyl sites for hydroxylation is 3. The third-order valence-electron chi connectivity index (χ3n) is 10.1. The van der Waals surface area contributed by atoms with Crippen LogP contribution in [0.15, 0.2) is 68.6 Å². The maximum Gasteiger partial charge on any atom is 0.434 e. The Kier molecular flexibility index (Phi) is 18.6. The third-order valence-corrected chi connectivity index (χ3v) is 12.5. The first kappa shape index (κ1) is 55.8. The average molecular weight is 1090 g/mol. The van der Waals surface area contributed by atoms with Crippen molar-refractivity contribution in [2.45, 2.75) is 89.2 Å². The van der Waals surface area contributed by atoms with Gasteiger partial charge < -0.3 is 18.9 Å². The number of ether oxygens (including phenoxy) is 2. The second-order valence-electron chi connectivity index (χ2n) is 15.7. The van der Waals surface area contributed by atoms with E-state index in [0.29, 0.717) is 29.2 Å². The van der Waals surface area contributed by atoms with Gasteiger partial charge in [0.05, 0.1) is 61.7 Å². The highest BCUT2D eigenvalue weighted by atomic mass is 79.9. The highest BCUT2D eigenvalue weighted by Crippen LogP contribution is 2.43. The molecule has 1 atom stereocenters. The zero-order chi connectivity index (χ0) is 51.2. The van der Waals surface area contributed by atoms with Crippen LogP contribution in [0.25, 0.3) is 11.3 Å². The number of anilines is 1. The number of para-hydroxylation sites is 1. The van der Waals surface area contributed by atoms with Crippen molar-refractivity contribution in [2.24, 2.45) is 7.05 Å². The third kappa shape index (κ3) is 13.5. The van der Waals surface area contributed by atoms with E-state index in [9.17, 15) is 53.5 Å². The van der Waals surface area contributed by atoms with Crippen molar-refractivity contribution in [1.29, 1.82) is 0 Å². The van der Waals surface area contributed by atoms with Crippen molar-refractivity contribution < 1.29 is 67.5 Å². The normalized spacial score (nSPS) is 13.3. The highest BCUT2D eigenvalue weighted by Gasteiger charge is 2.40. The van der Waals surface area contributed by atoms with E-state index in [-0.39, 0.29) is 56.7 Å². The first-order valence-electron chi connectivity index (χ1n) is 20.4. The molecular weight excluding hydrogens is 1040 g/mol. The number of ketones is 1. The van der Waals surface area contributed by atoms with Crippen molar-refractivity contribution in [3.05, 3.63) is 115 Å². The van der Waals surface area contributed by atoms with Gasteiger partial charge in [-0.1, -0.05) is 41.9 Å². The molecule has 0 N–H and O–H groups in total. The van der Waals surface area contributed by atoms with E-state index in [1.165, 1.54) is 6.20 Å². The smallest absolute Gasteiger partial charge is 0.434 e. The van der Waals surface area contributed by atoms with Gasteiger partial charge >= 0.3 is 18.3 Å². The van der Waals surface area contributed by atoms with E-state index in [0.717, 1.165) is 67.6 Å². The van der Waals surface area contributed by atoms with Crippen LogP contribution in [-0.4, -0.2) is 79.0 Å². The largest absolute Gasteiger partial charge is 0.459 e. The molecule has 0 radical (unpaired) electrons. The number of amides is 1. The zero-order valence-corrected chi connectivity index (χ0v) is 41.6. The second-order valence-corrected chi connectivity index (χ2v) is 19.2. The van der Waals surface area contributed by atoms with Gasteiger partial charge in [-0.2, -0.15) is 31.4 Å². The molecular formula is C45H46BrCl2F7N4O8S. The summed E-state index contributed by atoms with van der Waals surface area (Å²) in [7, 11) is -1.32. The molecule has 5 aromatic rings. The summed E-state index contributed by atoms with van der Waals surface area (Å²) in [6.07, 6.45) is -5.41. The minimum absolute atomic E-state index is 0.0223. The van der Waals surface area contributed by atoms with Gasteiger partial charge in [-0.05, 0) is 104 Å². The van der Waals surface area contributed by atoms with Crippen LogP contribution in [-0.2, 0) is 49.9 Å². The van der Waals surface area contributed by atoms with Crippen LogP contribution < -0.4 is 4.90 Å². The van der Waals surface area contributed by atoms with Crippen molar-refractivity contribution in [3.63, 3.8) is 0 Å². The number of hydrogen-bond donors (Lipinski definition) is 0. The molecule has 2 heterocycles. The fourth-order valence-electron chi connectivity index (χ4n) is 6.86. The minimum atomic E-state index is -4.71. The van der Waals surface area contributed by atoms with Crippen LogP contribution in [0.3, 0.4) is 0 Å². The number of alkyl halides is 7. The Labute approximate surface area is 406 Å². The summed E-state index contributed by atoms with van der Waals surface area (Å²) in [6, 6.07) is 9.95. The number of esters is 1. The predicted molar refractivity (Wildman–Crippen MR) is 243 cm³/mol. The van der Waals surface area contributed by atoms with E-state index >= 15 is 0 Å². The fraction of sp³-hybridized carbons (Fsp3) is 0.400. The molecule has 23 heteroatoms. The molecule has 1 aliphatic carbocycles. The summed E-state index contributed by atoms with van der Waals surface area (Å²) in [5.74, 6) is -2.17. The Hall–Kier alpha value is -4.83. The second kappa shape index (κ2) is 22.7. The number of carbonyl (C=O) groups is 3. The Balaban J connectivity index is 0.000000225. The first-order valence-corrected chi connectivity index (χ1v) is 24.0. The fourth-order valence-corrected chi connectivity index (χ4v) is 8.89. The molecule has 0 spiro atoms. The number of methoxy groups -OCH3 is 1. The Morgan fingerprint density at radius 2 is 1.65 bits per heavy atom. The van der Waals surface area contributed by atoms with Gasteiger partial charge in [-0.15, -0.1) is 11.6 Å². The van der Waals surface area contributed by atoms with Crippen LogP contribution in [0.2, 0.25) is 5.02 Å². The molecule has 6 rings (SSSR count). The van der Waals surface area contributed by atoms with E-state index < -0.39 is 66.5 Å². The van der Waals surface area contributed by atoms with Gasteiger partial charge in [0.2, 0.25) is 5.91 Å². The predicted octanol–water partition coefficient (Wildman–Crippen LogP) is 11.6. The summed E-state index contributed by atoms with van der Waals surface area (Å²) in [5.41, 5.74) is -0.0194. The molecule has 1 amide bonds. The summed E-state index contributed by atoms with van der Waals surface area (Å²) < 4.78 is 131. The van der Waals surface area contributed by atoms with E-state index in [2.05, 4.69) is 39.2 Å². The summed E-state index contributed by atoms with van der Waals surface area (Å²) in [6.45, 7) is 9.79. The highest BCUT2D eigenvalue weighted by molar-refractivity contribution is 9.10. The zero-order valence-electron chi connectivity index (χ0n) is 37.7. The van der Waals surface area contributed by atoms with E-state index in [1.807, 2.05) is 26.0 Å². The van der Waals surface area contributed by atoms with Crippen LogP contribution in [0.5, 0.6) is 0 Å². The standard InChI is InChI=1S/C15H12BrClF4N2O2.C15H22ClNO2.C15H12F3NO4S/c1-6(2)25-14(24)7-4-8(10(18)5-9(7)17)12-11(16)13(15(19,20)21)23(3)22-12;1-5-13-8-6-7-11(2)15(13)17(14(18)9-16)12(3)10-19-4;1-24(21,22)12-6-9(15(16,17)18)4-5-10(12)13(20)11-7-19-23-14(11)8-2-3-8/h4-6H,1-3H3;6-8,12H,5,9-10H2,1-4H3;4-8H,2-3H2,1H3. The van der Waals surface area contributed by atoms with Gasteiger partial charge in [0.25, 0.3) is 0 Å². The van der Waals surface area contributed by atoms with Gasteiger partial charge in [-0.3, -0.25) is 14.3 Å². The molecule has 0 bridgehead atoms. The lowest BCUT2D eigenvalue weighted by Crippen LogP contribution is -2.43. The van der Waals surface area contributed by atoms with Crippen molar-refractivity contribution in [3.8, 4) is 11.3 Å². The number of carbonyl (C=O) groups excluding carboxylic acids is 3. The van der Waals surface area contributed by atoms with Crippen molar-refractivity contribution in [2.75, 3.05) is 30.8 Å². The van der Waals surface area contributed by atoms with E-state index in [4.69, 9.17) is 37.2 Å². The Morgan fingerprint density at radius 1 is 1.00 bits per heavy atom. The number of hydrogen-bond acceptors (Lipinski definition) is 10. The maximum absolute atomic E-state index is 14.3. The number of nitrogens with zero attached hydrogens (tertiary/aromatic N) is 4. The van der Waals surface area contributed by atoms with Crippen LogP contribution in [0.4, 0.5) is 36.4 Å². The lowest BCUT2D eigenvalue weighted by Gasteiger charge is -2.31. The number of rotatable bonds is 13. The molecule has 12 nitrogen and oxygen atoms in total. The topological polar surface area (TPSA) is 151 Å².